The van der Waals surface area contributed by atoms with Crippen molar-refractivity contribution in [3.63, 3.8) is 0 Å². The fraction of sp³-hybridized carbons (Fsp3) is 0.600. The summed E-state index contributed by atoms with van der Waals surface area (Å²) in [4.78, 5) is 0. The summed E-state index contributed by atoms with van der Waals surface area (Å²) in [5.41, 5.74) is 2.64. The molecule has 1 aromatic carbocycles. The van der Waals surface area contributed by atoms with Crippen LogP contribution >= 0.6 is 0 Å². The second-order valence-electron chi connectivity index (χ2n) is 7.92. The van der Waals surface area contributed by atoms with E-state index in [0.717, 1.165) is 22.2 Å². The van der Waals surface area contributed by atoms with Gasteiger partial charge in [0.25, 0.3) is 0 Å². The van der Waals surface area contributed by atoms with E-state index in [9.17, 15) is 4.39 Å². The van der Waals surface area contributed by atoms with Crippen LogP contribution < -0.4 is 10.2 Å². The maximum atomic E-state index is 14.5. The molecule has 3 rings (SSSR count). The Labute approximate surface area is 155 Å². The molecule has 1 saturated heterocycles. The Kier molecular flexibility index (Phi) is 5.21. The standard InChI is InChI=1S/C20H28BFO4/c1-7-15-17(22)9-8-13-10-14(24-12-23-6)11-16(18(13)15)21-25-19(2,3)20(4,5)26-21/h10-11H,7-9,12H2,1-6H3. The molecule has 0 amide bonds. The van der Waals surface area contributed by atoms with Gasteiger partial charge in [-0.15, -0.1) is 0 Å². The van der Waals surface area contributed by atoms with Gasteiger partial charge in [0.1, 0.15) is 11.6 Å². The molecule has 0 N–H and O–H groups in total. The first-order chi connectivity index (χ1) is 12.2. The second kappa shape index (κ2) is 6.99. The number of ether oxygens (including phenoxy) is 2. The van der Waals surface area contributed by atoms with E-state index in [2.05, 4.69) is 0 Å². The zero-order valence-electron chi connectivity index (χ0n) is 16.6. The number of halogens is 1. The number of hydrogen-bond acceptors (Lipinski definition) is 4. The number of methoxy groups -OCH3 is 1. The first-order valence-corrected chi connectivity index (χ1v) is 9.22. The number of rotatable bonds is 5. The van der Waals surface area contributed by atoms with E-state index in [4.69, 9.17) is 18.8 Å². The highest BCUT2D eigenvalue weighted by atomic mass is 19.1. The molecule has 1 aliphatic carbocycles. The Morgan fingerprint density at radius 2 is 1.77 bits per heavy atom. The molecule has 6 heteroatoms. The summed E-state index contributed by atoms with van der Waals surface area (Å²) in [6.45, 7) is 10.2. The van der Waals surface area contributed by atoms with Gasteiger partial charge in [-0.2, -0.15) is 0 Å². The van der Waals surface area contributed by atoms with Crippen molar-refractivity contribution in [1.82, 2.24) is 0 Å². The van der Waals surface area contributed by atoms with Crippen molar-refractivity contribution in [1.29, 1.82) is 0 Å². The predicted octanol–water partition coefficient (Wildman–Crippen LogP) is 4.01. The molecule has 4 nitrogen and oxygen atoms in total. The van der Waals surface area contributed by atoms with Crippen molar-refractivity contribution in [3.05, 3.63) is 29.1 Å². The molecule has 142 valence electrons. The van der Waals surface area contributed by atoms with Crippen LogP contribution in [0.2, 0.25) is 0 Å². The summed E-state index contributed by atoms with van der Waals surface area (Å²) in [6, 6.07) is 3.87. The number of hydrogen-bond donors (Lipinski definition) is 0. The quantitative estimate of drug-likeness (QED) is 0.586. The smallest absolute Gasteiger partial charge is 0.468 e. The van der Waals surface area contributed by atoms with Crippen LogP contribution in [0.5, 0.6) is 5.75 Å². The van der Waals surface area contributed by atoms with Crippen molar-refractivity contribution < 1.29 is 23.2 Å². The van der Waals surface area contributed by atoms with Crippen LogP contribution in [0.3, 0.4) is 0 Å². The lowest BCUT2D eigenvalue weighted by Crippen LogP contribution is -2.41. The van der Waals surface area contributed by atoms with Gasteiger partial charge in [-0.3, -0.25) is 0 Å². The number of benzene rings is 1. The van der Waals surface area contributed by atoms with Crippen molar-refractivity contribution in [2.75, 3.05) is 13.9 Å². The van der Waals surface area contributed by atoms with Crippen molar-refractivity contribution in [2.45, 2.75) is 65.1 Å². The van der Waals surface area contributed by atoms with Gasteiger partial charge in [-0.05, 0) is 74.8 Å². The highest BCUT2D eigenvalue weighted by molar-refractivity contribution is 6.63. The van der Waals surface area contributed by atoms with Crippen LogP contribution in [0.15, 0.2) is 18.0 Å². The van der Waals surface area contributed by atoms with Crippen LogP contribution in [0.25, 0.3) is 5.57 Å². The maximum absolute atomic E-state index is 14.5. The topological polar surface area (TPSA) is 36.9 Å². The zero-order chi connectivity index (χ0) is 19.1. The summed E-state index contributed by atoms with van der Waals surface area (Å²) >= 11 is 0. The fourth-order valence-corrected chi connectivity index (χ4v) is 3.53. The van der Waals surface area contributed by atoms with Gasteiger partial charge < -0.3 is 18.8 Å². The molecule has 1 heterocycles. The van der Waals surface area contributed by atoms with Crippen molar-refractivity contribution >= 4 is 18.2 Å². The van der Waals surface area contributed by atoms with Gasteiger partial charge in [0.15, 0.2) is 6.79 Å². The Morgan fingerprint density at radius 1 is 1.12 bits per heavy atom. The van der Waals surface area contributed by atoms with Crippen LogP contribution in [-0.4, -0.2) is 32.2 Å². The van der Waals surface area contributed by atoms with Crippen molar-refractivity contribution in [2.24, 2.45) is 0 Å². The van der Waals surface area contributed by atoms with Gasteiger partial charge in [-0.25, -0.2) is 4.39 Å². The molecule has 26 heavy (non-hydrogen) atoms. The van der Waals surface area contributed by atoms with Crippen LogP contribution in [-0.2, 0) is 20.5 Å². The summed E-state index contributed by atoms with van der Waals surface area (Å²) in [6.07, 6.45) is 1.69. The van der Waals surface area contributed by atoms with E-state index < -0.39 is 18.3 Å². The Bertz CT molecular complexity index is 711. The normalized spacial score (nSPS) is 21.1. The lowest BCUT2D eigenvalue weighted by atomic mass is 9.70. The fourth-order valence-electron chi connectivity index (χ4n) is 3.53. The average molecular weight is 362 g/mol. The third kappa shape index (κ3) is 3.30. The van der Waals surface area contributed by atoms with Gasteiger partial charge in [0, 0.05) is 13.5 Å². The molecule has 0 aromatic heterocycles. The van der Waals surface area contributed by atoms with E-state index in [1.807, 2.05) is 46.8 Å². The molecule has 1 aromatic rings. The first kappa shape index (κ1) is 19.4. The molecule has 2 aliphatic rings. The largest absolute Gasteiger partial charge is 0.495 e. The molecule has 1 aliphatic heterocycles. The maximum Gasteiger partial charge on any atom is 0.495 e. The minimum atomic E-state index is -0.563. The van der Waals surface area contributed by atoms with Crippen molar-refractivity contribution in [3.8, 4) is 5.75 Å². The predicted molar refractivity (Wildman–Crippen MR) is 101 cm³/mol. The molecule has 0 saturated carbocycles. The van der Waals surface area contributed by atoms with E-state index in [1.165, 1.54) is 0 Å². The third-order valence-electron chi connectivity index (χ3n) is 5.67. The van der Waals surface area contributed by atoms with Gasteiger partial charge in [-0.1, -0.05) is 6.92 Å². The SMILES string of the molecule is CCC1=C(F)CCc2cc(OCOC)cc(B3OC(C)(C)C(C)(C)O3)c21. The minimum absolute atomic E-state index is 0.0386. The minimum Gasteiger partial charge on any atom is -0.468 e. The molecule has 1 fully saturated rings. The molecule has 0 atom stereocenters. The van der Waals surface area contributed by atoms with Gasteiger partial charge in [0.2, 0.25) is 0 Å². The Morgan fingerprint density at radius 3 is 2.35 bits per heavy atom. The molecule has 0 spiro atoms. The zero-order valence-corrected chi connectivity index (χ0v) is 16.6. The van der Waals surface area contributed by atoms with Gasteiger partial charge in [0.05, 0.1) is 11.2 Å². The Hall–Kier alpha value is -1.37. The highest BCUT2D eigenvalue weighted by Crippen LogP contribution is 2.40. The summed E-state index contributed by atoms with van der Waals surface area (Å²) < 4.78 is 37.8. The van der Waals surface area contributed by atoms with Crippen LogP contribution in [0.1, 0.15) is 58.6 Å². The second-order valence-corrected chi connectivity index (χ2v) is 7.92. The average Bonchev–Trinajstić information content (AvgIpc) is 2.80. The van der Waals surface area contributed by atoms with E-state index in [1.54, 1.807) is 7.11 Å². The summed E-state index contributed by atoms with van der Waals surface area (Å²) in [5.74, 6) is 0.649. The third-order valence-corrected chi connectivity index (χ3v) is 5.67. The molecular weight excluding hydrogens is 334 g/mol. The van der Waals surface area contributed by atoms with E-state index in [0.29, 0.717) is 25.0 Å². The molecule has 0 unspecified atom stereocenters. The monoisotopic (exact) mass is 362 g/mol. The number of fused-ring (bicyclic) bond motifs is 1. The molecular formula is C20H28BFO4. The first-order valence-electron chi connectivity index (χ1n) is 9.22. The summed E-state index contributed by atoms with van der Waals surface area (Å²) in [7, 11) is 1.02. The highest BCUT2D eigenvalue weighted by Gasteiger charge is 2.52. The van der Waals surface area contributed by atoms with E-state index >= 15 is 0 Å². The molecule has 0 radical (unpaired) electrons. The lowest BCUT2D eigenvalue weighted by Gasteiger charge is -2.32. The van der Waals surface area contributed by atoms with Crippen LogP contribution in [0.4, 0.5) is 4.39 Å². The van der Waals surface area contributed by atoms with Gasteiger partial charge >= 0.3 is 7.12 Å². The lowest BCUT2D eigenvalue weighted by molar-refractivity contribution is 0.00578. The molecule has 0 bridgehead atoms. The Balaban J connectivity index is 2.11. The number of aryl methyl sites for hydroxylation is 1. The van der Waals surface area contributed by atoms with E-state index in [-0.39, 0.29) is 12.6 Å². The summed E-state index contributed by atoms with van der Waals surface area (Å²) in [5, 5.41) is 0. The van der Waals surface area contributed by atoms with Crippen LogP contribution in [0, 0.1) is 0 Å². The number of allylic oxidation sites excluding steroid dienone is 2.